The fourth-order valence-electron chi connectivity index (χ4n) is 3.77. The highest BCUT2D eigenvalue weighted by Crippen LogP contribution is 2.26. The summed E-state index contributed by atoms with van der Waals surface area (Å²) in [6.07, 6.45) is 1.82. The van der Waals surface area contributed by atoms with E-state index in [0.29, 0.717) is 22.5 Å². The van der Waals surface area contributed by atoms with Crippen molar-refractivity contribution in [2.75, 3.05) is 38.2 Å². The molecule has 28 heavy (non-hydrogen) atoms. The van der Waals surface area contributed by atoms with E-state index in [-0.39, 0.29) is 5.56 Å². The Kier molecular flexibility index (Phi) is 3.87. The molecule has 1 aromatic carbocycles. The SMILES string of the molecule is Cc1nc2nc3ccn(N4CCN(C)CC4)c(=O)c3c(-c3ccccc3)n2n1. The van der Waals surface area contributed by atoms with E-state index in [1.54, 1.807) is 9.19 Å². The molecular formula is C20H21N7O. The molecule has 0 radical (unpaired) electrons. The van der Waals surface area contributed by atoms with E-state index in [1.165, 1.54) is 0 Å². The van der Waals surface area contributed by atoms with Crippen molar-refractivity contribution in [3.63, 3.8) is 0 Å². The summed E-state index contributed by atoms with van der Waals surface area (Å²) in [5.41, 5.74) is 2.20. The Balaban J connectivity index is 1.82. The lowest BCUT2D eigenvalue weighted by molar-refractivity contribution is 0.286. The van der Waals surface area contributed by atoms with Gasteiger partial charge >= 0.3 is 0 Å². The maximum Gasteiger partial charge on any atom is 0.280 e. The number of nitrogens with zero attached hydrogens (tertiary/aromatic N) is 7. The van der Waals surface area contributed by atoms with Crippen LogP contribution < -0.4 is 10.6 Å². The lowest BCUT2D eigenvalue weighted by Crippen LogP contribution is -2.52. The van der Waals surface area contributed by atoms with Gasteiger partial charge in [-0.1, -0.05) is 30.3 Å². The smallest absolute Gasteiger partial charge is 0.280 e. The number of pyridine rings is 1. The van der Waals surface area contributed by atoms with Crippen molar-refractivity contribution in [3.8, 4) is 11.3 Å². The Morgan fingerprint density at radius 2 is 1.71 bits per heavy atom. The third-order valence-electron chi connectivity index (χ3n) is 5.25. The fraction of sp³-hybridized carbons (Fsp3) is 0.300. The van der Waals surface area contributed by atoms with Crippen LogP contribution in [0.5, 0.6) is 0 Å². The number of aryl methyl sites for hydroxylation is 1. The minimum atomic E-state index is -0.0801. The van der Waals surface area contributed by atoms with Gasteiger partial charge in [0.1, 0.15) is 5.82 Å². The number of aromatic nitrogens is 5. The lowest BCUT2D eigenvalue weighted by Gasteiger charge is -2.34. The van der Waals surface area contributed by atoms with Gasteiger partial charge in [0.05, 0.1) is 16.6 Å². The Morgan fingerprint density at radius 1 is 0.964 bits per heavy atom. The van der Waals surface area contributed by atoms with Crippen LogP contribution in [0.1, 0.15) is 5.82 Å². The second-order valence-electron chi connectivity index (χ2n) is 7.18. The normalized spacial score (nSPS) is 15.6. The standard InChI is InChI=1S/C20H21N7O/c1-14-21-20-22-16-8-9-26(25-12-10-24(2)11-13-25)19(28)17(16)18(27(20)23-14)15-6-4-3-5-7-15/h3-9H,10-13H2,1-2H3. The van der Waals surface area contributed by atoms with Crippen LogP contribution in [-0.4, -0.2) is 62.4 Å². The molecule has 8 nitrogen and oxygen atoms in total. The Morgan fingerprint density at radius 3 is 2.46 bits per heavy atom. The second-order valence-corrected chi connectivity index (χ2v) is 7.18. The van der Waals surface area contributed by atoms with Crippen LogP contribution in [-0.2, 0) is 0 Å². The van der Waals surface area contributed by atoms with E-state index in [0.717, 1.165) is 37.4 Å². The number of rotatable bonds is 2. The first-order valence-corrected chi connectivity index (χ1v) is 9.40. The predicted octanol–water partition coefficient (Wildman–Crippen LogP) is 1.30. The third kappa shape index (κ3) is 2.65. The molecular weight excluding hydrogens is 354 g/mol. The summed E-state index contributed by atoms with van der Waals surface area (Å²) in [4.78, 5) is 24.8. The molecule has 1 fully saturated rings. The van der Waals surface area contributed by atoms with Gasteiger partial charge in [-0.25, -0.2) is 9.66 Å². The fourth-order valence-corrected chi connectivity index (χ4v) is 3.77. The van der Waals surface area contributed by atoms with E-state index < -0.39 is 0 Å². The van der Waals surface area contributed by atoms with Crippen LogP contribution in [0.2, 0.25) is 0 Å². The largest absolute Gasteiger partial charge is 0.308 e. The van der Waals surface area contributed by atoms with Gasteiger partial charge in [-0.2, -0.15) is 9.50 Å². The number of piperazine rings is 1. The zero-order valence-corrected chi connectivity index (χ0v) is 15.9. The Bertz CT molecular complexity index is 1220. The monoisotopic (exact) mass is 375 g/mol. The first-order valence-electron chi connectivity index (χ1n) is 9.40. The minimum Gasteiger partial charge on any atom is -0.308 e. The molecule has 0 bridgehead atoms. The summed E-state index contributed by atoms with van der Waals surface area (Å²) in [6.45, 7) is 5.29. The maximum atomic E-state index is 13.6. The van der Waals surface area contributed by atoms with Gasteiger partial charge in [0.2, 0.25) is 0 Å². The van der Waals surface area contributed by atoms with E-state index in [1.807, 2.05) is 49.5 Å². The molecule has 142 valence electrons. The molecule has 0 aliphatic carbocycles. The van der Waals surface area contributed by atoms with Crippen molar-refractivity contribution in [2.24, 2.45) is 0 Å². The number of likely N-dealkylation sites (N-methyl/N-ethyl adjacent to an activating group) is 1. The second kappa shape index (κ2) is 6.42. The molecule has 8 heteroatoms. The average Bonchev–Trinajstić information content (AvgIpc) is 3.08. The van der Waals surface area contributed by atoms with Crippen molar-refractivity contribution >= 4 is 16.7 Å². The maximum absolute atomic E-state index is 13.6. The molecule has 0 saturated carbocycles. The van der Waals surface area contributed by atoms with E-state index in [9.17, 15) is 4.79 Å². The molecule has 3 aromatic heterocycles. The van der Waals surface area contributed by atoms with Crippen molar-refractivity contribution < 1.29 is 0 Å². The summed E-state index contributed by atoms with van der Waals surface area (Å²) < 4.78 is 3.40. The van der Waals surface area contributed by atoms with Crippen molar-refractivity contribution in [2.45, 2.75) is 6.92 Å². The van der Waals surface area contributed by atoms with Gasteiger partial charge in [-0.15, -0.1) is 5.10 Å². The van der Waals surface area contributed by atoms with Crippen LogP contribution in [0.3, 0.4) is 0 Å². The van der Waals surface area contributed by atoms with E-state index >= 15 is 0 Å². The quantitative estimate of drug-likeness (QED) is 0.526. The molecule has 0 unspecified atom stereocenters. The lowest BCUT2D eigenvalue weighted by atomic mass is 10.1. The first kappa shape index (κ1) is 16.9. The van der Waals surface area contributed by atoms with Crippen molar-refractivity contribution in [1.29, 1.82) is 0 Å². The molecule has 1 aliphatic rings. The van der Waals surface area contributed by atoms with Crippen molar-refractivity contribution in [3.05, 3.63) is 58.8 Å². The van der Waals surface area contributed by atoms with E-state index in [4.69, 9.17) is 0 Å². The number of fused-ring (bicyclic) bond motifs is 2. The molecule has 0 atom stereocenters. The van der Waals surface area contributed by atoms with Gasteiger partial charge in [0, 0.05) is 37.9 Å². The summed E-state index contributed by atoms with van der Waals surface area (Å²) in [5, 5.41) is 7.16. The van der Waals surface area contributed by atoms with Gasteiger partial charge in [-0.3, -0.25) is 4.79 Å². The summed E-state index contributed by atoms with van der Waals surface area (Å²) >= 11 is 0. The molecule has 0 spiro atoms. The van der Waals surface area contributed by atoms with Crippen LogP contribution in [0.25, 0.3) is 27.9 Å². The summed E-state index contributed by atoms with van der Waals surface area (Å²) in [5.74, 6) is 1.12. The number of benzene rings is 1. The minimum absolute atomic E-state index is 0.0801. The van der Waals surface area contributed by atoms with Gasteiger partial charge in [-0.05, 0) is 20.0 Å². The van der Waals surface area contributed by atoms with Crippen LogP contribution in [0.15, 0.2) is 47.4 Å². The number of hydrogen-bond donors (Lipinski definition) is 0. The first-order chi connectivity index (χ1) is 13.6. The molecule has 0 N–H and O–H groups in total. The molecule has 5 rings (SSSR count). The van der Waals surface area contributed by atoms with Crippen LogP contribution in [0, 0.1) is 6.92 Å². The topological polar surface area (TPSA) is 71.6 Å². The highest BCUT2D eigenvalue weighted by molar-refractivity contribution is 5.93. The van der Waals surface area contributed by atoms with Crippen LogP contribution >= 0.6 is 0 Å². The van der Waals surface area contributed by atoms with Crippen molar-refractivity contribution in [1.82, 2.24) is 29.2 Å². The highest BCUT2D eigenvalue weighted by atomic mass is 16.1. The van der Waals surface area contributed by atoms with Gasteiger partial charge in [0.25, 0.3) is 11.3 Å². The highest BCUT2D eigenvalue weighted by Gasteiger charge is 2.21. The zero-order chi connectivity index (χ0) is 19.3. The summed E-state index contributed by atoms with van der Waals surface area (Å²) in [7, 11) is 2.10. The molecule has 4 aromatic rings. The van der Waals surface area contributed by atoms with Gasteiger partial charge < -0.3 is 9.91 Å². The molecule has 4 heterocycles. The Hall–Kier alpha value is -3.26. The van der Waals surface area contributed by atoms with Gasteiger partial charge in [0.15, 0.2) is 0 Å². The molecule has 0 amide bonds. The van der Waals surface area contributed by atoms with E-state index in [2.05, 4.69) is 32.0 Å². The summed E-state index contributed by atoms with van der Waals surface area (Å²) in [6, 6.07) is 11.7. The third-order valence-corrected chi connectivity index (χ3v) is 5.25. The average molecular weight is 375 g/mol. The molecule has 1 saturated heterocycles. The van der Waals surface area contributed by atoms with Crippen LogP contribution in [0.4, 0.5) is 0 Å². The molecule has 1 aliphatic heterocycles. The predicted molar refractivity (Wildman–Crippen MR) is 108 cm³/mol. The number of hydrogen-bond acceptors (Lipinski definition) is 6. The Labute approximate surface area is 161 Å². The zero-order valence-electron chi connectivity index (χ0n) is 15.9.